The van der Waals surface area contributed by atoms with Crippen LogP contribution in [0.2, 0.25) is 0 Å². The van der Waals surface area contributed by atoms with Gasteiger partial charge in [0, 0.05) is 31.7 Å². The summed E-state index contributed by atoms with van der Waals surface area (Å²) in [6.07, 6.45) is 1.20. The molecule has 156 valence electrons. The molecule has 30 heavy (non-hydrogen) atoms. The van der Waals surface area contributed by atoms with Crippen LogP contribution in [0.4, 0.5) is 11.4 Å². The molecule has 3 aliphatic heterocycles. The quantitative estimate of drug-likeness (QED) is 0.801. The van der Waals surface area contributed by atoms with Crippen LogP contribution in [0.5, 0.6) is 5.75 Å². The Kier molecular flexibility index (Phi) is 4.83. The Morgan fingerprint density at radius 3 is 2.57 bits per heavy atom. The molecule has 0 unspecified atom stereocenters. The molecule has 0 aromatic heterocycles. The molecule has 1 spiro atoms. The van der Waals surface area contributed by atoms with Gasteiger partial charge in [-0.3, -0.25) is 14.5 Å². The molecule has 0 atom stereocenters. The molecule has 2 amide bonds. The number of carbonyl (C=O) groups is 2. The number of nitrogens with one attached hydrogen (secondary N) is 2. The zero-order valence-electron chi connectivity index (χ0n) is 16.9. The molecule has 1 fully saturated rings. The molecule has 3 aliphatic rings. The fourth-order valence-corrected chi connectivity index (χ4v) is 4.55. The molecule has 7 nitrogen and oxygen atoms in total. The van der Waals surface area contributed by atoms with Gasteiger partial charge in [0.15, 0.2) is 0 Å². The summed E-state index contributed by atoms with van der Waals surface area (Å²) in [5.74, 6) is 1.01. The van der Waals surface area contributed by atoms with Gasteiger partial charge in [-0.2, -0.15) is 0 Å². The largest absolute Gasteiger partial charge is 0.492 e. The average Bonchev–Trinajstić information content (AvgIpc) is 2.97. The van der Waals surface area contributed by atoms with Crippen LogP contribution in [0, 0.1) is 0 Å². The second-order valence-corrected chi connectivity index (χ2v) is 8.25. The van der Waals surface area contributed by atoms with E-state index in [4.69, 9.17) is 4.74 Å². The van der Waals surface area contributed by atoms with Gasteiger partial charge in [0.25, 0.3) is 0 Å². The highest BCUT2D eigenvalue weighted by Crippen LogP contribution is 2.36. The van der Waals surface area contributed by atoms with Crippen molar-refractivity contribution in [3.63, 3.8) is 0 Å². The summed E-state index contributed by atoms with van der Waals surface area (Å²) < 4.78 is 5.80. The highest BCUT2D eigenvalue weighted by atomic mass is 16.5. The Labute approximate surface area is 176 Å². The molecule has 3 heterocycles. The lowest BCUT2D eigenvalue weighted by molar-refractivity contribution is -0.136. The number of nitrogens with zero attached hydrogens (tertiary/aromatic N) is 2. The number of likely N-dealkylation sites (tertiary alicyclic amines) is 1. The molecule has 7 heteroatoms. The van der Waals surface area contributed by atoms with Crippen molar-refractivity contribution in [3.8, 4) is 5.75 Å². The molecular weight excluding hydrogens is 380 g/mol. The van der Waals surface area contributed by atoms with Crippen LogP contribution in [-0.2, 0) is 16.1 Å². The number of fused-ring (bicyclic) bond motifs is 2. The summed E-state index contributed by atoms with van der Waals surface area (Å²) in [5.41, 5.74) is 2.23. The molecule has 5 rings (SSSR count). The van der Waals surface area contributed by atoms with Crippen molar-refractivity contribution >= 4 is 23.2 Å². The second-order valence-electron chi connectivity index (χ2n) is 8.25. The van der Waals surface area contributed by atoms with Crippen LogP contribution < -0.4 is 15.4 Å². The van der Waals surface area contributed by atoms with E-state index in [0.717, 1.165) is 29.2 Å². The number of amides is 2. The van der Waals surface area contributed by atoms with Gasteiger partial charge in [-0.1, -0.05) is 30.3 Å². The summed E-state index contributed by atoms with van der Waals surface area (Å²) in [7, 11) is 0. The lowest BCUT2D eigenvalue weighted by Gasteiger charge is -2.44. The fourth-order valence-electron chi connectivity index (χ4n) is 4.55. The number of hydrogen-bond donors (Lipinski definition) is 2. The third-order valence-electron chi connectivity index (χ3n) is 6.34. The molecular formula is C23H26N4O3. The SMILES string of the molecule is O=C(CN1CCOc2ccccc2C1)N1CCC2(CC1)Nc1ccccc1NC2=O. The third kappa shape index (κ3) is 3.50. The topological polar surface area (TPSA) is 73.9 Å². The van der Waals surface area contributed by atoms with Gasteiger partial charge in [0.05, 0.1) is 17.9 Å². The van der Waals surface area contributed by atoms with E-state index in [9.17, 15) is 9.59 Å². The predicted molar refractivity (Wildman–Crippen MR) is 114 cm³/mol. The lowest BCUT2D eigenvalue weighted by Crippen LogP contribution is -2.59. The van der Waals surface area contributed by atoms with Crippen LogP contribution >= 0.6 is 0 Å². The maximum atomic E-state index is 13.0. The molecule has 2 N–H and O–H groups in total. The highest BCUT2D eigenvalue weighted by molar-refractivity contribution is 6.06. The Morgan fingerprint density at radius 1 is 1.00 bits per heavy atom. The first-order chi connectivity index (χ1) is 14.6. The van der Waals surface area contributed by atoms with E-state index in [1.807, 2.05) is 53.4 Å². The van der Waals surface area contributed by atoms with Gasteiger partial charge < -0.3 is 20.3 Å². The van der Waals surface area contributed by atoms with Crippen molar-refractivity contribution in [1.29, 1.82) is 0 Å². The standard InChI is InChI=1S/C23H26N4O3/c28-21(16-26-13-14-30-20-8-4-1-5-17(20)15-26)27-11-9-23(10-12-27)22(29)24-18-6-2-3-7-19(18)25-23/h1-8,25H,9-16H2,(H,24,29). The number of piperidine rings is 1. The Hall–Kier alpha value is -3.06. The second kappa shape index (κ2) is 7.65. The smallest absolute Gasteiger partial charge is 0.250 e. The van der Waals surface area contributed by atoms with Gasteiger partial charge in [0.2, 0.25) is 11.8 Å². The number of ether oxygens (including phenoxy) is 1. The van der Waals surface area contributed by atoms with E-state index in [1.165, 1.54) is 0 Å². The average molecular weight is 406 g/mol. The molecule has 2 aromatic rings. The molecule has 0 saturated carbocycles. The van der Waals surface area contributed by atoms with Crippen molar-refractivity contribution in [2.24, 2.45) is 0 Å². The van der Waals surface area contributed by atoms with Crippen LogP contribution in [0.1, 0.15) is 18.4 Å². The van der Waals surface area contributed by atoms with Gasteiger partial charge >= 0.3 is 0 Å². The lowest BCUT2D eigenvalue weighted by atomic mass is 9.84. The van der Waals surface area contributed by atoms with Crippen LogP contribution in [0.15, 0.2) is 48.5 Å². The number of para-hydroxylation sites is 3. The molecule has 0 bridgehead atoms. The predicted octanol–water partition coefficient (Wildman–Crippen LogP) is 2.31. The van der Waals surface area contributed by atoms with Crippen molar-refractivity contribution < 1.29 is 14.3 Å². The molecule has 1 saturated heterocycles. The number of rotatable bonds is 2. The minimum Gasteiger partial charge on any atom is -0.492 e. The van der Waals surface area contributed by atoms with Gasteiger partial charge in [-0.15, -0.1) is 0 Å². The van der Waals surface area contributed by atoms with Crippen molar-refractivity contribution in [2.45, 2.75) is 24.9 Å². The first kappa shape index (κ1) is 18.9. The third-order valence-corrected chi connectivity index (χ3v) is 6.34. The van der Waals surface area contributed by atoms with E-state index >= 15 is 0 Å². The first-order valence-corrected chi connectivity index (χ1v) is 10.5. The summed E-state index contributed by atoms with van der Waals surface area (Å²) in [6, 6.07) is 15.7. The number of carbonyl (C=O) groups excluding carboxylic acids is 2. The first-order valence-electron chi connectivity index (χ1n) is 10.5. The van der Waals surface area contributed by atoms with E-state index in [-0.39, 0.29) is 11.8 Å². The van der Waals surface area contributed by atoms with Crippen molar-refractivity contribution in [1.82, 2.24) is 9.80 Å². The number of benzene rings is 2. The molecule has 0 radical (unpaired) electrons. The summed E-state index contributed by atoms with van der Waals surface area (Å²) in [4.78, 5) is 29.8. The van der Waals surface area contributed by atoms with Crippen LogP contribution in [-0.4, -0.2) is 59.9 Å². The summed E-state index contributed by atoms with van der Waals surface area (Å²) in [6.45, 7) is 3.52. The minimum atomic E-state index is -0.638. The zero-order valence-corrected chi connectivity index (χ0v) is 16.9. The number of hydrogen-bond acceptors (Lipinski definition) is 5. The Morgan fingerprint density at radius 2 is 1.73 bits per heavy atom. The van der Waals surface area contributed by atoms with Gasteiger partial charge in [0.1, 0.15) is 17.9 Å². The highest BCUT2D eigenvalue weighted by Gasteiger charge is 2.45. The molecule has 2 aromatic carbocycles. The van der Waals surface area contributed by atoms with Gasteiger partial charge in [-0.05, 0) is 31.0 Å². The van der Waals surface area contributed by atoms with E-state index in [2.05, 4.69) is 15.5 Å². The minimum absolute atomic E-state index is 0.00503. The van der Waals surface area contributed by atoms with E-state index in [0.29, 0.717) is 45.6 Å². The maximum absolute atomic E-state index is 13.0. The maximum Gasteiger partial charge on any atom is 0.250 e. The normalized spacial score (nSPS) is 20.3. The Bertz CT molecular complexity index is 968. The summed E-state index contributed by atoms with van der Waals surface area (Å²) in [5, 5.41) is 6.46. The zero-order chi connectivity index (χ0) is 20.6. The van der Waals surface area contributed by atoms with Crippen molar-refractivity contribution in [3.05, 3.63) is 54.1 Å². The number of anilines is 2. The fraction of sp³-hybridized carbons (Fsp3) is 0.391. The van der Waals surface area contributed by atoms with E-state index in [1.54, 1.807) is 0 Å². The summed E-state index contributed by atoms with van der Waals surface area (Å²) >= 11 is 0. The Balaban J connectivity index is 1.21. The molecule has 0 aliphatic carbocycles. The van der Waals surface area contributed by atoms with Crippen LogP contribution in [0.3, 0.4) is 0 Å². The van der Waals surface area contributed by atoms with E-state index < -0.39 is 5.54 Å². The van der Waals surface area contributed by atoms with Crippen molar-refractivity contribution in [2.75, 3.05) is 43.4 Å². The van der Waals surface area contributed by atoms with Gasteiger partial charge in [-0.25, -0.2) is 0 Å². The monoisotopic (exact) mass is 406 g/mol. The van der Waals surface area contributed by atoms with Crippen LogP contribution in [0.25, 0.3) is 0 Å².